The number of likely N-dealkylation sites (tertiary alicyclic amines) is 1. The van der Waals surface area contributed by atoms with Crippen molar-refractivity contribution in [1.82, 2.24) is 9.80 Å². The zero-order valence-corrected chi connectivity index (χ0v) is 15.3. The molecule has 1 N–H and O–H groups in total. The van der Waals surface area contributed by atoms with E-state index in [-0.39, 0.29) is 11.3 Å². The Morgan fingerprint density at radius 2 is 1.91 bits per heavy atom. The Bertz CT molecular complexity index is 555. The summed E-state index contributed by atoms with van der Waals surface area (Å²) in [5, 5.41) is 10.5. The fourth-order valence-corrected chi connectivity index (χ4v) is 3.10. The van der Waals surface area contributed by atoms with Gasteiger partial charge in [0.25, 0.3) is 5.91 Å². The quantitative estimate of drug-likeness (QED) is 0.905. The number of hydrogen-bond acceptors (Lipinski definition) is 4. The van der Waals surface area contributed by atoms with E-state index in [9.17, 15) is 9.90 Å². The lowest BCUT2D eigenvalue weighted by Crippen LogP contribution is -2.40. The fourth-order valence-electron chi connectivity index (χ4n) is 3.10. The Labute approximate surface area is 139 Å². The van der Waals surface area contributed by atoms with Crippen molar-refractivity contribution < 1.29 is 14.3 Å². The van der Waals surface area contributed by atoms with Gasteiger partial charge in [0, 0.05) is 12.0 Å². The Balaban J connectivity index is 2.16. The van der Waals surface area contributed by atoms with Gasteiger partial charge in [-0.25, -0.2) is 0 Å². The van der Waals surface area contributed by atoms with Crippen molar-refractivity contribution in [2.24, 2.45) is 5.41 Å². The van der Waals surface area contributed by atoms with Crippen molar-refractivity contribution in [3.05, 3.63) is 23.2 Å². The van der Waals surface area contributed by atoms with Crippen LogP contribution in [0, 0.1) is 12.3 Å². The van der Waals surface area contributed by atoms with Gasteiger partial charge in [0.2, 0.25) is 0 Å². The zero-order valence-electron chi connectivity index (χ0n) is 15.3. The second kappa shape index (κ2) is 6.29. The van der Waals surface area contributed by atoms with E-state index in [1.165, 1.54) is 0 Å². The lowest BCUT2D eigenvalue weighted by atomic mass is 9.79. The summed E-state index contributed by atoms with van der Waals surface area (Å²) in [6.07, 6.45) is 0. The molecule has 0 radical (unpaired) electrons. The predicted molar refractivity (Wildman–Crippen MR) is 90.4 cm³/mol. The van der Waals surface area contributed by atoms with Crippen LogP contribution in [0.1, 0.15) is 56.5 Å². The molecule has 1 fully saturated rings. The average Bonchev–Trinajstić information content (AvgIpc) is 2.92. The molecular formula is C18H30N2O3. The first-order chi connectivity index (χ1) is 10.6. The average molecular weight is 322 g/mol. The summed E-state index contributed by atoms with van der Waals surface area (Å²) < 4.78 is 5.78. The highest BCUT2D eigenvalue weighted by atomic mass is 16.3. The van der Waals surface area contributed by atoms with Crippen LogP contribution < -0.4 is 0 Å². The summed E-state index contributed by atoms with van der Waals surface area (Å²) >= 11 is 0. The van der Waals surface area contributed by atoms with Crippen molar-refractivity contribution in [3.63, 3.8) is 0 Å². The Morgan fingerprint density at radius 1 is 1.30 bits per heavy atom. The highest BCUT2D eigenvalue weighted by Gasteiger charge is 2.49. The van der Waals surface area contributed by atoms with Crippen molar-refractivity contribution in [3.8, 4) is 0 Å². The molecule has 5 heteroatoms. The van der Waals surface area contributed by atoms with E-state index in [2.05, 4.69) is 18.7 Å². The molecule has 1 aromatic rings. The maximum absolute atomic E-state index is 12.8. The molecule has 0 aromatic carbocycles. The third-order valence-electron chi connectivity index (χ3n) is 5.30. The van der Waals surface area contributed by atoms with Crippen LogP contribution in [0.2, 0.25) is 0 Å². The molecule has 2 rings (SSSR count). The highest BCUT2D eigenvalue weighted by Crippen LogP contribution is 2.39. The minimum absolute atomic E-state index is 0.0529. The van der Waals surface area contributed by atoms with Gasteiger partial charge in [0.05, 0.1) is 24.3 Å². The van der Waals surface area contributed by atoms with E-state index in [1.54, 1.807) is 11.8 Å². The SMILES string of the molecule is CCN(CC)Cc1cc(C(=O)N2CC(C)(C)[C@@](C)(O)C2)c(C)o1. The van der Waals surface area contributed by atoms with E-state index in [1.807, 2.05) is 26.8 Å². The van der Waals surface area contributed by atoms with Crippen LogP contribution in [0.25, 0.3) is 0 Å². The number of furan rings is 1. The molecule has 1 aliphatic rings. The van der Waals surface area contributed by atoms with Gasteiger partial charge < -0.3 is 14.4 Å². The number of rotatable bonds is 5. The number of hydrogen-bond donors (Lipinski definition) is 1. The minimum Gasteiger partial charge on any atom is -0.464 e. The van der Waals surface area contributed by atoms with E-state index < -0.39 is 5.60 Å². The van der Waals surface area contributed by atoms with Gasteiger partial charge in [-0.15, -0.1) is 0 Å². The summed E-state index contributed by atoms with van der Waals surface area (Å²) in [5.74, 6) is 1.42. The van der Waals surface area contributed by atoms with E-state index in [0.717, 1.165) is 18.8 Å². The lowest BCUT2D eigenvalue weighted by Gasteiger charge is -2.30. The molecule has 1 aliphatic heterocycles. The topological polar surface area (TPSA) is 56.9 Å². The van der Waals surface area contributed by atoms with Crippen LogP contribution in [-0.2, 0) is 6.54 Å². The Morgan fingerprint density at radius 3 is 2.39 bits per heavy atom. The van der Waals surface area contributed by atoms with Crippen molar-refractivity contribution in [2.45, 2.75) is 53.7 Å². The molecule has 0 saturated carbocycles. The zero-order chi connectivity index (χ0) is 17.4. The first kappa shape index (κ1) is 18.0. The Kier molecular flexibility index (Phi) is 4.92. The number of nitrogens with zero attached hydrogens (tertiary/aromatic N) is 2. The molecule has 1 atom stereocenters. The predicted octanol–water partition coefficient (Wildman–Crippen LogP) is 2.66. The first-order valence-corrected chi connectivity index (χ1v) is 8.44. The standard InChI is InChI=1S/C18H30N2O3/c1-7-19(8-2)10-14-9-15(13(3)23-14)16(21)20-11-17(4,5)18(6,22)12-20/h9,22H,7-8,10-12H2,1-6H3/t18-/m0/s1. The second-order valence-corrected chi connectivity index (χ2v) is 7.46. The van der Waals surface area contributed by atoms with Gasteiger partial charge in [-0.1, -0.05) is 27.7 Å². The molecule has 2 heterocycles. The van der Waals surface area contributed by atoms with Crippen LogP contribution in [0.4, 0.5) is 0 Å². The largest absolute Gasteiger partial charge is 0.464 e. The van der Waals surface area contributed by atoms with Crippen LogP contribution in [0.3, 0.4) is 0 Å². The van der Waals surface area contributed by atoms with E-state index in [4.69, 9.17) is 4.42 Å². The summed E-state index contributed by atoms with van der Waals surface area (Å²) in [6.45, 7) is 15.4. The molecule has 1 saturated heterocycles. The van der Waals surface area contributed by atoms with Gasteiger partial charge in [-0.05, 0) is 33.0 Å². The summed E-state index contributed by atoms with van der Waals surface area (Å²) in [4.78, 5) is 16.8. The lowest BCUT2D eigenvalue weighted by molar-refractivity contribution is -0.0108. The number of carbonyl (C=O) groups is 1. The Hall–Kier alpha value is -1.33. The number of amides is 1. The fraction of sp³-hybridized carbons (Fsp3) is 0.722. The van der Waals surface area contributed by atoms with Gasteiger partial charge >= 0.3 is 0 Å². The molecule has 130 valence electrons. The van der Waals surface area contributed by atoms with Gasteiger partial charge in [-0.2, -0.15) is 0 Å². The number of aliphatic hydroxyl groups is 1. The van der Waals surface area contributed by atoms with Crippen molar-refractivity contribution in [1.29, 1.82) is 0 Å². The smallest absolute Gasteiger partial charge is 0.257 e. The van der Waals surface area contributed by atoms with Crippen molar-refractivity contribution >= 4 is 5.91 Å². The maximum atomic E-state index is 12.8. The molecule has 1 amide bonds. The molecule has 0 spiro atoms. The molecule has 23 heavy (non-hydrogen) atoms. The first-order valence-electron chi connectivity index (χ1n) is 8.44. The van der Waals surface area contributed by atoms with Crippen LogP contribution in [0.5, 0.6) is 0 Å². The highest BCUT2D eigenvalue weighted by molar-refractivity contribution is 5.95. The van der Waals surface area contributed by atoms with Crippen molar-refractivity contribution in [2.75, 3.05) is 26.2 Å². The maximum Gasteiger partial charge on any atom is 0.257 e. The summed E-state index contributed by atoms with van der Waals surface area (Å²) in [7, 11) is 0. The number of β-amino-alcohol motifs (C(OH)–C–C–N with tert-alkyl or cyclic N) is 1. The van der Waals surface area contributed by atoms with E-state index >= 15 is 0 Å². The molecular weight excluding hydrogens is 292 g/mol. The normalized spacial score (nSPS) is 23.7. The van der Waals surface area contributed by atoms with Crippen LogP contribution in [0.15, 0.2) is 10.5 Å². The minimum atomic E-state index is -0.871. The van der Waals surface area contributed by atoms with Crippen LogP contribution >= 0.6 is 0 Å². The summed E-state index contributed by atoms with van der Waals surface area (Å²) in [6, 6.07) is 1.86. The molecule has 0 bridgehead atoms. The monoisotopic (exact) mass is 322 g/mol. The number of carbonyl (C=O) groups excluding carboxylic acids is 1. The second-order valence-electron chi connectivity index (χ2n) is 7.46. The third-order valence-corrected chi connectivity index (χ3v) is 5.30. The van der Waals surface area contributed by atoms with Gasteiger partial charge in [0.1, 0.15) is 11.5 Å². The van der Waals surface area contributed by atoms with Gasteiger partial charge in [-0.3, -0.25) is 9.69 Å². The molecule has 0 unspecified atom stereocenters. The van der Waals surface area contributed by atoms with Gasteiger partial charge in [0.15, 0.2) is 0 Å². The summed E-state index contributed by atoms with van der Waals surface area (Å²) in [5.41, 5.74) is -0.574. The third kappa shape index (κ3) is 3.45. The number of aryl methyl sites for hydroxylation is 1. The van der Waals surface area contributed by atoms with E-state index in [0.29, 0.717) is 31.0 Å². The molecule has 0 aliphatic carbocycles. The molecule has 1 aromatic heterocycles. The van der Waals surface area contributed by atoms with Crippen LogP contribution in [-0.4, -0.2) is 52.6 Å². The molecule has 5 nitrogen and oxygen atoms in total.